The standard InChI is InChI=1S/C28H15BrN2O/c29-20-6-2-5-19(13-20)25-14-23(24(15-30)28(32)31-25)21-11-9-18-8-7-16-3-1-4-17-10-12-22(21)27(18)26(16)17/h1-14H,(H,31,32). The molecule has 0 unspecified atom stereocenters. The van der Waals surface area contributed by atoms with Crippen molar-refractivity contribution in [1.82, 2.24) is 4.98 Å². The van der Waals surface area contributed by atoms with Crippen LogP contribution < -0.4 is 5.56 Å². The Morgan fingerprint density at radius 1 is 0.750 bits per heavy atom. The van der Waals surface area contributed by atoms with Crippen LogP contribution in [0.2, 0.25) is 0 Å². The molecule has 0 aliphatic rings. The SMILES string of the molecule is N#Cc1c(-c2ccc3ccc4cccc5ccc2c3c45)cc(-c2cccc(Br)c2)[nH]c1=O. The quantitative estimate of drug-likeness (QED) is 0.269. The molecule has 0 saturated heterocycles. The number of H-pyrrole nitrogens is 1. The fourth-order valence-electron chi connectivity index (χ4n) is 4.66. The molecule has 0 spiro atoms. The maximum Gasteiger partial charge on any atom is 0.266 e. The van der Waals surface area contributed by atoms with E-state index in [2.05, 4.69) is 75.5 Å². The first kappa shape index (κ1) is 18.8. The Morgan fingerprint density at radius 2 is 1.44 bits per heavy atom. The topological polar surface area (TPSA) is 56.6 Å². The van der Waals surface area contributed by atoms with Crippen LogP contribution >= 0.6 is 15.9 Å². The van der Waals surface area contributed by atoms with Gasteiger partial charge in [-0.3, -0.25) is 4.79 Å². The first-order chi connectivity index (χ1) is 15.6. The highest BCUT2D eigenvalue weighted by Crippen LogP contribution is 2.40. The second-order valence-electron chi connectivity index (χ2n) is 7.89. The summed E-state index contributed by atoms with van der Waals surface area (Å²) in [6.07, 6.45) is 0. The van der Waals surface area contributed by atoms with Crippen molar-refractivity contribution in [1.29, 1.82) is 5.26 Å². The summed E-state index contributed by atoms with van der Waals surface area (Å²) in [5, 5.41) is 16.7. The van der Waals surface area contributed by atoms with Gasteiger partial charge in [-0.15, -0.1) is 0 Å². The number of hydrogen-bond acceptors (Lipinski definition) is 2. The van der Waals surface area contributed by atoms with E-state index in [0.717, 1.165) is 31.8 Å². The third kappa shape index (κ3) is 2.76. The summed E-state index contributed by atoms with van der Waals surface area (Å²) in [7, 11) is 0. The fourth-order valence-corrected chi connectivity index (χ4v) is 5.06. The van der Waals surface area contributed by atoms with E-state index in [0.29, 0.717) is 11.3 Å². The van der Waals surface area contributed by atoms with Gasteiger partial charge in [0.25, 0.3) is 5.56 Å². The summed E-state index contributed by atoms with van der Waals surface area (Å²) in [4.78, 5) is 15.8. The average Bonchev–Trinajstić information content (AvgIpc) is 2.82. The molecule has 0 atom stereocenters. The maximum absolute atomic E-state index is 12.9. The summed E-state index contributed by atoms with van der Waals surface area (Å²) in [6.45, 7) is 0. The van der Waals surface area contributed by atoms with Gasteiger partial charge in [0.15, 0.2) is 0 Å². The third-order valence-electron chi connectivity index (χ3n) is 6.10. The van der Waals surface area contributed by atoms with Crippen LogP contribution in [0.25, 0.3) is 54.7 Å². The molecule has 0 bridgehead atoms. The van der Waals surface area contributed by atoms with E-state index in [9.17, 15) is 10.1 Å². The monoisotopic (exact) mass is 474 g/mol. The number of nitrogens with zero attached hydrogens (tertiary/aromatic N) is 1. The lowest BCUT2D eigenvalue weighted by atomic mass is 9.88. The first-order valence-electron chi connectivity index (χ1n) is 10.2. The second-order valence-corrected chi connectivity index (χ2v) is 8.81. The molecule has 1 N–H and O–H groups in total. The highest BCUT2D eigenvalue weighted by molar-refractivity contribution is 9.10. The van der Waals surface area contributed by atoms with Crippen LogP contribution in [0.1, 0.15) is 5.56 Å². The predicted octanol–water partition coefficient (Wildman–Crippen LogP) is 7.24. The highest BCUT2D eigenvalue weighted by Gasteiger charge is 2.17. The number of aromatic amines is 1. The van der Waals surface area contributed by atoms with Gasteiger partial charge >= 0.3 is 0 Å². The molecule has 0 aliphatic heterocycles. The Kier molecular flexibility index (Phi) is 4.14. The van der Waals surface area contributed by atoms with Crippen LogP contribution in [0.3, 0.4) is 0 Å². The molecule has 32 heavy (non-hydrogen) atoms. The van der Waals surface area contributed by atoms with E-state index in [1.54, 1.807) is 0 Å². The van der Waals surface area contributed by atoms with Gasteiger partial charge in [-0.25, -0.2) is 0 Å². The minimum atomic E-state index is -0.384. The molecular weight excluding hydrogens is 460 g/mol. The van der Waals surface area contributed by atoms with Crippen molar-refractivity contribution in [2.45, 2.75) is 0 Å². The van der Waals surface area contributed by atoms with Crippen molar-refractivity contribution in [3.63, 3.8) is 0 Å². The number of benzene rings is 5. The number of hydrogen-bond donors (Lipinski definition) is 1. The lowest BCUT2D eigenvalue weighted by molar-refractivity contribution is 1.22. The van der Waals surface area contributed by atoms with Crippen LogP contribution in [0, 0.1) is 11.3 Å². The molecule has 150 valence electrons. The van der Waals surface area contributed by atoms with Crippen LogP contribution in [0.5, 0.6) is 0 Å². The molecule has 0 radical (unpaired) electrons. The molecule has 6 rings (SSSR count). The molecule has 0 amide bonds. The first-order valence-corrected chi connectivity index (χ1v) is 11.0. The van der Waals surface area contributed by atoms with Gasteiger partial charge < -0.3 is 4.98 Å². The number of nitrogens with one attached hydrogen (secondary N) is 1. The van der Waals surface area contributed by atoms with Gasteiger partial charge in [-0.05, 0) is 61.6 Å². The Balaban J connectivity index is 1.72. The molecule has 0 saturated carbocycles. The zero-order valence-corrected chi connectivity index (χ0v) is 18.4. The summed E-state index contributed by atoms with van der Waals surface area (Å²) in [5.74, 6) is 0. The summed E-state index contributed by atoms with van der Waals surface area (Å²) in [5.41, 5.74) is 2.82. The van der Waals surface area contributed by atoms with Gasteiger partial charge in [0.1, 0.15) is 11.6 Å². The smallest absolute Gasteiger partial charge is 0.266 e. The third-order valence-corrected chi connectivity index (χ3v) is 6.59. The minimum Gasteiger partial charge on any atom is -0.321 e. The molecule has 0 aliphatic carbocycles. The van der Waals surface area contributed by atoms with E-state index >= 15 is 0 Å². The molecule has 1 heterocycles. The van der Waals surface area contributed by atoms with Crippen molar-refractivity contribution < 1.29 is 0 Å². The van der Waals surface area contributed by atoms with Gasteiger partial charge in [0.2, 0.25) is 0 Å². The van der Waals surface area contributed by atoms with Crippen molar-refractivity contribution in [2.75, 3.05) is 0 Å². The van der Waals surface area contributed by atoms with E-state index in [4.69, 9.17) is 0 Å². The molecule has 6 aromatic rings. The van der Waals surface area contributed by atoms with Crippen molar-refractivity contribution in [3.8, 4) is 28.5 Å². The zero-order chi connectivity index (χ0) is 21.8. The zero-order valence-electron chi connectivity index (χ0n) is 16.8. The van der Waals surface area contributed by atoms with E-state index in [1.165, 1.54) is 16.2 Å². The minimum absolute atomic E-state index is 0.124. The van der Waals surface area contributed by atoms with Crippen LogP contribution in [0.4, 0.5) is 0 Å². The summed E-state index contributed by atoms with van der Waals surface area (Å²) < 4.78 is 0.921. The molecule has 4 heteroatoms. The number of aromatic nitrogens is 1. The van der Waals surface area contributed by atoms with Gasteiger partial charge in [0, 0.05) is 15.7 Å². The summed E-state index contributed by atoms with van der Waals surface area (Å²) in [6, 6.07) is 30.7. The lowest BCUT2D eigenvalue weighted by Crippen LogP contribution is -2.12. The lowest BCUT2D eigenvalue weighted by Gasteiger charge is -2.15. The van der Waals surface area contributed by atoms with E-state index in [1.807, 2.05) is 36.4 Å². The Morgan fingerprint density at radius 3 is 2.19 bits per heavy atom. The van der Waals surface area contributed by atoms with Gasteiger partial charge in [-0.2, -0.15) is 5.26 Å². The fraction of sp³-hybridized carbons (Fsp3) is 0. The summed E-state index contributed by atoms with van der Waals surface area (Å²) >= 11 is 3.50. The predicted molar refractivity (Wildman–Crippen MR) is 134 cm³/mol. The molecule has 1 aromatic heterocycles. The van der Waals surface area contributed by atoms with Crippen molar-refractivity contribution in [3.05, 3.63) is 105 Å². The largest absolute Gasteiger partial charge is 0.321 e. The molecule has 3 nitrogen and oxygen atoms in total. The second kappa shape index (κ2) is 7.05. The number of nitriles is 1. The molecular formula is C28H15BrN2O. The normalized spacial score (nSPS) is 11.4. The van der Waals surface area contributed by atoms with Crippen LogP contribution in [-0.2, 0) is 0 Å². The highest BCUT2D eigenvalue weighted by atomic mass is 79.9. The average molecular weight is 475 g/mol. The van der Waals surface area contributed by atoms with Crippen molar-refractivity contribution >= 4 is 48.2 Å². The van der Waals surface area contributed by atoms with Crippen molar-refractivity contribution in [2.24, 2.45) is 0 Å². The Hall–Kier alpha value is -3.94. The maximum atomic E-state index is 12.9. The Labute approximate surface area is 192 Å². The number of rotatable bonds is 2. The van der Waals surface area contributed by atoms with Crippen LogP contribution in [0.15, 0.2) is 94.2 Å². The molecule has 0 fully saturated rings. The van der Waals surface area contributed by atoms with E-state index in [-0.39, 0.29) is 11.1 Å². The van der Waals surface area contributed by atoms with Gasteiger partial charge in [-0.1, -0.05) is 82.7 Å². The van der Waals surface area contributed by atoms with Crippen LogP contribution in [-0.4, -0.2) is 4.98 Å². The molecule has 5 aromatic carbocycles. The van der Waals surface area contributed by atoms with E-state index < -0.39 is 0 Å². The Bertz CT molecular complexity index is 1760. The van der Waals surface area contributed by atoms with Gasteiger partial charge in [0.05, 0.1) is 0 Å². The number of halogens is 1. The number of pyridine rings is 1.